The van der Waals surface area contributed by atoms with E-state index in [-0.39, 0.29) is 23.5 Å². The van der Waals surface area contributed by atoms with Crippen molar-refractivity contribution in [3.63, 3.8) is 0 Å². The molecule has 35 heavy (non-hydrogen) atoms. The first kappa shape index (κ1) is 26.3. The molecule has 0 atom stereocenters. The molecule has 0 aromatic heterocycles. The maximum atomic E-state index is 12.8. The molecule has 3 amide bonds. The summed E-state index contributed by atoms with van der Waals surface area (Å²) in [7, 11) is 0. The Morgan fingerprint density at radius 3 is 2.54 bits per heavy atom. The molecular formula is C28H37N3O4. The lowest BCUT2D eigenvalue weighted by Crippen LogP contribution is -2.36. The number of phenolic OH excluding ortho intramolecular Hbond substituents is 1. The Morgan fingerprint density at radius 2 is 1.74 bits per heavy atom. The Morgan fingerprint density at radius 1 is 0.971 bits per heavy atom. The number of phenols is 1. The molecule has 188 valence electrons. The molecular weight excluding hydrogens is 442 g/mol. The summed E-state index contributed by atoms with van der Waals surface area (Å²) in [4.78, 5) is 39.7. The molecule has 4 bridgehead atoms. The maximum absolute atomic E-state index is 12.8. The van der Waals surface area contributed by atoms with Gasteiger partial charge in [0.2, 0.25) is 11.8 Å². The third-order valence-corrected chi connectivity index (χ3v) is 6.24. The van der Waals surface area contributed by atoms with Gasteiger partial charge in [0.15, 0.2) is 0 Å². The van der Waals surface area contributed by atoms with E-state index in [9.17, 15) is 19.5 Å². The average Bonchev–Trinajstić information content (AvgIpc) is 2.84. The van der Waals surface area contributed by atoms with Crippen molar-refractivity contribution in [2.45, 2.75) is 52.4 Å². The van der Waals surface area contributed by atoms with Gasteiger partial charge in [-0.05, 0) is 67.0 Å². The van der Waals surface area contributed by atoms with Crippen molar-refractivity contribution in [2.24, 2.45) is 5.92 Å². The standard InChI is InChI=1S/C28H37N3O4/c1-20(2)9-12-27(34)31-16-4-8-26(33)29-15-13-21-10-11-25(32)24(18-21)22-6-3-7-23(19-22)28(35)30-14-5-17-31/h3,6-7,10-11,18-20,32H,4-5,8-9,12-17H2,1-2H3,(H,29,33)(H,30,35). The Labute approximate surface area is 207 Å². The van der Waals surface area contributed by atoms with E-state index in [4.69, 9.17) is 0 Å². The van der Waals surface area contributed by atoms with Gasteiger partial charge < -0.3 is 20.6 Å². The van der Waals surface area contributed by atoms with E-state index >= 15 is 0 Å². The molecule has 3 N–H and O–H groups in total. The van der Waals surface area contributed by atoms with Crippen LogP contribution >= 0.6 is 0 Å². The molecule has 0 unspecified atom stereocenters. The normalized spacial score (nSPS) is 16.0. The fourth-order valence-corrected chi connectivity index (χ4v) is 4.17. The fourth-order valence-electron chi connectivity index (χ4n) is 4.17. The van der Waals surface area contributed by atoms with Gasteiger partial charge in [0, 0.05) is 50.1 Å². The van der Waals surface area contributed by atoms with Crippen LogP contribution in [0.15, 0.2) is 42.5 Å². The zero-order valence-electron chi connectivity index (χ0n) is 20.8. The Kier molecular flexibility index (Phi) is 9.70. The van der Waals surface area contributed by atoms with Crippen LogP contribution in [0.4, 0.5) is 0 Å². The minimum absolute atomic E-state index is 0.0311. The molecule has 1 aliphatic rings. The van der Waals surface area contributed by atoms with Crippen molar-refractivity contribution >= 4 is 17.7 Å². The molecule has 0 saturated carbocycles. The molecule has 2 aromatic rings. The second-order valence-corrected chi connectivity index (χ2v) is 9.56. The molecule has 0 radical (unpaired) electrons. The second kappa shape index (κ2) is 12.9. The molecule has 0 saturated heterocycles. The number of carbonyl (C=O) groups is 3. The second-order valence-electron chi connectivity index (χ2n) is 9.56. The van der Waals surface area contributed by atoms with Crippen LogP contribution in [0.5, 0.6) is 5.75 Å². The van der Waals surface area contributed by atoms with E-state index in [0.717, 1.165) is 17.5 Å². The smallest absolute Gasteiger partial charge is 0.251 e. The highest BCUT2D eigenvalue weighted by Crippen LogP contribution is 2.30. The lowest BCUT2D eigenvalue weighted by molar-refractivity contribution is -0.132. The third-order valence-electron chi connectivity index (χ3n) is 6.24. The highest BCUT2D eigenvalue weighted by atomic mass is 16.3. The summed E-state index contributed by atoms with van der Waals surface area (Å²) in [5.74, 6) is 0.474. The first-order valence-corrected chi connectivity index (χ1v) is 12.6. The van der Waals surface area contributed by atoms with E-state index < -0.39 is 0 Å². The van der Waals surface area contributed by atoms with Crippen LogP contribution < -0.4 is 10.6 Å². The Bertz CT molecular complexity index is 1030. The largest absolute Gasteiger partial charge is 0.507 e. The SMILES string of the molecule is CC(C)CCC(=O)N1CCCNC(=O)c2cccc(c2)-c2cc(ccc2O)CCNC(=O)CCC1. The highest BCUT2D eigenvalue weighted by Gasteiger charge is 2.16. The van der Waals surface area contributed by atoms with Crippen LogP contribution in [-0.2, 0) is 16.0 Å². The summed E-state index contributed by atoms with van der Waals surface area (Å²) < 4.78 is 0. The molecule has 2 aromatic carbocycles. The van der Waals surface area contributed by atoms with Crippen molar-refractivity contribution in [3.05, 3.63) is 53.6 Å². The number of aromatic hydroxyl groups is 1. The molecule has 1 heterocycles. The minimum atomic E-state index is -0.187. The van der Waals surface area contributed by atoms with E-state index in [1.807, 2.05) is 23.1 Å². The number of hydrogen-bond acceptors (Lipinski definition) is 4. The van der Waals surface area contributed by atoms with Gasteiger partial charge in [0.1, 0.15) is 5.75 Å². The van der Waals surface area contributed by atoms with E-state index in [1.54, 1.807) is 24.3 Å². The molecule has 0 aliphatic carbocycles. The first-order chi connectivity index (χ1) is 16.8. The summed E-state index contributed by atoms with van der Waals surface area (Å²) >= 11 is 0. The zero-order chi connectivity index (χ0) is 25.2. The highest BCUT2D eigenvalue weighted by molar-refractivity contribution is 5.95. The number of nitrogens with zero attached hydrogens (tertiary/aromatic N) is 1. The summed E-state index contributed by atoms with van der Waals surface area (Å²) in [6.07, 6.45) is 3.54. The van der Waals surface area contributed by atoms with Gasteiger partial charge in [0.25, 0.3) is 5.91 Å². The van der Waals surface area contributed by atoms with Gasteiger partial charge in [-0.2, -0.15) is 0 Å². The van der Waals surface area contributed by atoms with Crippen LogP contribution in [0.2, 0.25) is 0 Å². The van der Waals surface area contributed by atoms with Crippen molar-refractivity contribution in [2.75, 3.05) is 26.2 Å². The molecule has 7 nitrogen and oxygen atoms in total. The fraction of sp³-hybridized carbons (Fsp3) is 0.464. The van der Waals surface area contributed by atoms with E-state index in [0.29, 0.717) is 75.3 Å². The van der Waals surface area contributed by atoms with Gasteiger partial charge in [-0.1, -0.05) is 32.0 Å². The van der Waals surface area contributed by atoms with Gasteiger partial charge >= 0.3 is 0 Å². The summed E-state index contributed by atoms with van der Waals surface area (Å²) in [6, 6.07) is 12.6. The van der Waals surface area contributed by atoms with Crippen molar-refractivity contribution < 1.29 is 19.5 Å². The van der Waals surface area contributed by atoms with Gasteiger partial charge in [-0.3, -0.25) is 14.4 Å². The van der Waals surface area contributed by atoms with E-state index in [2.05, 4.69) is 24.5 Å². The van der Waals surface area contributed by atoms with Crippen LogP contribution in [-0.4, -0.2) is 53.9 Å². The van der Waals surface area contributed by atoms with Crippen LogP contribution in [0.1, 0.15) is 61.9 Å². The molecule has 0 fully saturated rings. The minimum Gasteiger partial charge on any atom is -0.507 e. The molecule has 3 rings (SSSR count). The Hall–Kier alpha value is -3.35. The van der Waals surface area contributed by atoms with E-state index in [1.165, 1.54) is 0 Å². The molecule has 7 heteroatoms. The average molecular weight is 480 g/mol. The summed E-state index contributed by atoms with van der Waals surface area (Å²) in [6.45, 7) is 6.20. The lowest BCUT2D eigenvalue weighted by atomic mass is 9.98. The van der Waals surface area contributed by atoms with Crippen LogP contribution in [0, 0.1) is 5.92 Å². The maximum Gasteiger partial charge on any atom is 0.251 e. The quantitative estimate of drug-likeness (QED) is 0.622. The predicted octanol–water partition coefficient (Wildman–Crippen LogP) is 3.90. The summed E-state index contributed by atoms with van der Waals surface area (Å²) in [5.41, 5.74) is 2.90. The summed E-state index contributed by atoms with van der Waals surface area (Å²) in [5, 5.41) is 16.3. The van der Waals surface area contributed by atoms with Crippen molar-refractivity contribution in [1.82, 2.24) is 15.5 Å². The number of benzene rings is 2. The van der Waals surface area contributed by atoms with Crippen molar-refractivity contribution in [3.8, 4) is 16.9 Å². The third kappa shape index (κ3) is 8.12. The number of hydrogen-bond donors (Lipinski definition) is 3. The number of rotatable bonds is 3. The predicted molar refractivity (Wildman–Crippen MR) is 137 cm³/mol. The van der Waals surface area contributed by atoms with Gasteiger partial charge in [-0.25, -0.2) is 0 Å². The lowest BCUT2D eigenvalue weighted by Gasteiger charge is -2.23. The topological polar surface area (TPSA) is 98.7 Å². The van der Waals surface area contributed by atoms with Crippen LogP contribution in [0.3, 0.4) is 0 Å². The number of nitrogens with one attached hydrogen (secondary N) is 2. The molecule has 0 spiro atoms. The monoisotopic (exact) mass is 479 g/mol. The van der Waals surface area contributed by atoms with Crippen molar-refractivity contribution in [1.29, 1.82) is 0 Å². The van der Waals surface area contributed by atoms with Gasteiger partial charge in [-0.15, -0.1) is 0 Å². The zero-order valence-corrected chi connectivity index (χ0v) is 20.8. The van der Waals surface area contributed by atoms with Crippen LogP contribution in [0.25, 0.3) is 11.1 Å². The number of amides is 3. The number of fused-ring (bicyclic) bond motifs is 5. The van der Waals surface area contributed by atoms with Gasteiger partial charge in [0.05, 0.1) is 0 Å². The number of carbonyl (C=O) groups excluding carboxylic acids is 3. The Balaban J connectivity index is 1.76. The molecule has 1 aliphatic heterocycles. The first-order valence-electron chi connectivity index (χ1n) is 12.6.